The summed E-state index contributed by atoms with van der Waals surface area (Å²) in [5.41, 5.74) is 3.26. The summed E-state index contributed by atoms with van der Waals surface area (Å²) < 4.78 is 7.02. The minimum atomic E-state index is -0.0857. The second-order valence-corrected chi connectivity index (χ2v) is 7.96. The number of hydrogen-bond acceptors (Lipinski definition) is 5. The number of amides is 1. The summed E-state index contributed by atoms with van der Waals surface area (Å²) in [4.78, 5) is 21.7. The van der Waals surface area contributed by atoms with E-state index in [1.807, 2.05) is 47.4 Å². The van der Waals surface area contributed by atoms with Crippen molar-refractivity contribution in [2.75, 3.05) is 25.0 Å². The van der Waals surface area contributed by atoms with Crippen LogP contribution in [0.1, 0.15) is 16.1 Å². The number of thiazole rings is 1. The molecule has 4 aromatic rings. The number of anilines is 1. The van der Waals surface area contributed by atoms with Gasteiger partial charge in [-0.1, -0.05) is 30.3 Å². The molecule has 28 heavy (non-hydrogen) atoms. The zero-order valence-corrected chi connectivity index (χ0v) is 16.3. The van der Waals surface area contributed by atoms with Gasteiger partial charge < -0.3 is 14.2 Å². The van der Waals surface area contributed by atoms with Gasteiger partial charge in [-0.05, 0) is 35.9 Å². The maximum absolute atomic E-state index is 13.1. The molecule has 5 rings (SSSR count). The van der Waals surface area contributed by atoms with Gasteiger partial charge in [-0.25, -0.2) is 4.98 Å². The van der Waals surface area contributed by atoms with Gasteiger partial charge in [0.05, 0.1) is 10.2 Å². The highest BCUT2D eigenvalue weighted by Crippen LogP contribution is 2.32. The van der Waals surface area contributed by atoms with E-state index >= 15 is 0 Å². The second-order valence-electron chi connectivity index (χ2n) is 6.93. The van der Waals surface area contributed by atoms with Crippen LogP contribution < -0.4 is 4.90 Å². The molecular formula is C22H19N3O2S. The monoisotopic (exact) mass is 389 g/mol. The lowest BCUT2D eigenvalue weighted by Crippen LogP contribution is -2.34. The molecule has 0 N–H and O–H groups in total. The van der Waals surface area contributed by atoms with Gasteiger partial charge in [0.15, 0.2) is 16.5 Å². The van der Waals surface area contributed by atoms with Crippen LogP contribution in [0.25, 0.3) is 21.0 Å². The van der Waals surface area contributed by atoms with Crippen molar-refractivity contribution in [2.45, 2.75) is 6.54 Å². The smallest absolute Gasteiger partial charge is 0.289 e. The molecule has 1 aliphatic heterocycles. The van der Waals surface area contributed by atoms with E-state index in [0.717, 1.165) is 27.3 Å². The van der Waals surface area contributed by atoms with E-state index in [-0.39, 0.29) is 5.91 Å². The predicted octanol–water partition coefficient (Wildman–Crippen LogP) is 4.65. The predicted molar refractivity (Wildman–Crippen MR) is 112 cm³/mol. The van der Waals surface area contributed by atoms with E-state index in [1.165, 1.54) is 5.69 Å². The molecule has 5 nitrogen and oxygen atoms in total. The molecule has 0 fully saturated rings. The molecule has 140 valence electrons. The first kappa shape index (κ1) is 17.0. The van der Waals surface area contributed by atoms with Gasteiger partial charge in [0.2, 0.25) is 0 Å². The highest BCUT2D eigenvalue weighted by molar-refractivity contribution is 7.21. The third kappa shape index (κ3) is 2.96. The van der Waals surface area contributed by atoms with E-state index < -0.39 is 0 Å². The fraction of sp³-hybridized carbons (Fsp3) is 0.182. The number of rotatable bonds is 2. The van der Waals surface area contributed by atoms with Crippen LogP contribution in [0, 0.1) is 0 Å². The fourth-order valence-electron chi connectivity index (χ4n) is 3.57. The van der Waals surface area contributed by atoms with Crippen LogP contribution in [0.2, 0.25) is 0 Å². The normalized spacial score (nSPS) is 14.2. The number of benzene rings is 2. The number of aromatic nitrogens is 1. The fourth-order valence-corrected chi connectivity index (χ4v) is 4.49. The number of carbonyl (C=O) groups is 1. The van der Waals surface area contributed by atoms with Crippen LogP contribution in [0.4, 0.5) is 5.69 Å². The third-order valence-corrected chi connectivity index (χ3v) is 6.13. The molecule has 2 aromatic heterocycles. The number of fused-ring (bicyclic) bond motifs is 2. The number of nitrogens with zero attached hydrogens (tertiary/aromatic N) is 3. The zero-order chi connectivity index (χ0) is 19.1. The minimum Gasteiger partial charge on any atom is -0.448 e. The molecule has 0 aliphatic carbocycles. The van der Waals surface area contributed by atoms with E-state index in [4.69, 9.17) is 4.42 Å². The van der Waals surface area contributed by atoms with Crippen LogP contribution in [-0.2, 0) is 6.54 Å². The van der Waals surface area contributed by atoms with Crippen LogP contribution >= 0.6 is 11.3 Å². The van der Waals surface area contributed by atoms with E-state index in [0.29, 0.717) is 24.6 Å². The molecule has 0 spiro atoms. The molecule has 6 heteroatoms. The lowest BCUT2D eigenvalue weighted by atomic mass is 10.1. The molecule has 0 radical (unpaired) electrons. The molecule has 2 aromatic carbocycles. The van der Waals surface area contributed by atoms with Gasteiger partial charge in [-0.15, -0.1) is 11.3 Å². The van der Waals surface area contributed by atoms with Crippen molar-refractivity contribution in [1.29, 1.82) is 0 Å². The average Bonchev–Trinajstić information content (AvgIpc) is 3.34. The van der Waals surface area contributed by atoms with Gasteiger partial charge >= 0.3 is 0 Å². The van der Waals surface area contributed by atoms with E-state index in [2.05, 4.69) is 29.1 Å². The number of hydrogen-bond donors (Lipinski definition) is 0. The number of furan rings is 1. The van der Waals surface area contributed by atoms with E-state index in [9.17, 15) is 4.79 Å². The maximum Gasteiger partial charge on any atom is 0.289 e. The third-order valence-electron chi connectivity index (χ3n) is 5.08. The van der Waals surface area contributed by atoms with Gasteiger partial charge in [0, 0.05) is 32.4 Å². The molecule has 0 unspecified atom stereocenters. The van der Waals surface area contributed by atoms with Crippen molar-refractivity contribution >= 4 is 33.1 Å². The molecule has 0 bridgehead atoms. The number of para-hydroxylation sites is 2. The number of carbonyl (C=O) groups excluding carboxylic acids is 1. The highest BCUT2D eigenvalue weighted by atomic mass is 32.1. The Kier molecular flexibility index (Phi) is 4.13. The zero-order valence-electron chi connectivity index (χ0n) is 15.5. The first-order valence-corrected chi connectivity index (χ1v) is 10.0. The molecule has 0 saturated carbocycles. The Hall–Kier alpha value is -3.12. The van der Waals surface area contributed by atoms with Crippen LogP contribution in [0.3, 0.4) is 0 Å². The lowest BCUT2D eigenvalue weighted by molar-refractivity contribution is 0.0720. The summed E-state index contributed by atoms with van der Waals surface area (Å²) in [6.45, 7) is 2.02. The summed E-state index contributed by atoms with van der Waals surface area (Å²) in [5, 5.41) is 0.793. The lowest BCUT2D eigenvalue weighted by Gasteiger charge is -2.19. The topological polar surface area (TPSA) is 49.6 Å². The summed E-state index contributed by atoms with van der Waals surface area (Å²) >= 11 is 1.57. The Morgan fingerprint density at radius 2 is 1.86 bits per heavy atom. The second kappa shape index (κ2) is 6.80. The molecule has 0 saturated heterocycles. The summed E-state index contributed by atoms with van der Waals surface area (Å²) in [6.07, 6.45) is 0. The van der Waals surface area contributed by atoms with Crippen molar-refractivity contribution < 1.29 is 9.21 Å². The minimum absolute atomic E-state index is 0.0857. The van der Waals surface area contributed by atoms with Crippen molar-refractivity contribution in [1.82, 2.24) is 9.88 Å². The Labute approximate surface area is 166 Å². The van der Waals surface area contributed by atoms with Crippen molar-refractivity contribution in [2.24, 2.45) is 0 Å². The quantitative estimate of drug-likeness (QED) is 0.501. The van der Waals surface area contributed by atoms with Gasteiger partial charge in [-0.2, -0.15) is 0 Å². The van der Waals surface area contributed by atoms with Gasteiger partial charge in [0.1, 0.15) is 0 Å². The van der Waals surface area contributed by atoms with Crippen molar-refractivity contribution in [3.63, 3.8) is 0 Å². The SMILES string of the molecule is CN1CCN(C(=O)c2ccc(-c3nc4ccccc4s3)o2)Cc2ccccc21. The Morgan fingerprint density at radius 1 is 1.04 bits per heavy atom. The van der Waals surface area contributed by atoms with E-state index in [1.54, 1.807) is 17.4 Å². The largest absolute Gasteiger partial charge is 0.448 e. The maximum atomic E-state index is 13.1. The first-order valence-electron chi connectivity index (χ1n) is 9.23. The molecule has 0 atom stereocenters. The standard InChI is InChI=1S/C22H19N3O2S/c1-24-12-13-25(14-15-6-2-4-8-17(15)24)22(26)19-11-10-18(27-19)21-23-16-7-3-5-9-20(16)28-21/h2-11H,12-14H2,1H3. The molecular weight excluding hydrogens is 370 g/mol. The summed E-state index contributed by atoms with van der Waals surface area (Å²) in [7, 11) is 2.06. The van der Waals surface area contributed by atoms with Gasteiger partial charge in [0.25, 0.3) is 5.91 Å². The molecule has 1 amide bonds. The van der Waals surface area contributed by atoms with Crippen LogP contribution in [0.15, 0.2) is 65.1 Å². The Bertz CT molecular complexity index is 1130. The summed E-state index contributed by atoms with van der Waals surface area (Å²) in [6, 6.07) is 19.8. The van der Waals surface area contributed by atoms with Crippen molar-refractivity contribution in [3.8, 4) is 10.8 Å². The first-order chi connectivity index (χ1) is 13.7. The van der Waals surface area contributed by atoms with Crippen LogP contribution in [-0.4, -0.2) is 35.9 Å². The number of likely N-dealkylation sites (N-methyl/N-ethyl adjacent to an activating group) is 1. The Morgan fingerprint density at radius 3 is 2.75 bits per heavy atom. The average molecular weight is 389 g/mol. The van der Waals surface area contributed by atoms with Crippen molar-refractivity contribution in [3.05, 3.63) is 72.0 Å². The molecule has 3 heterocycles. The molecule has 1 aliphatic rings. The Balaban J connectivity index is 1.42. The van der Waals surface area contributed by atoms with Crippen LogP contribution in [0.5, 0.6) is 0 Å². The van der Waals surface area contributed by atoms with Gasteiger partial charge in [-0.3, -0.25) is 4.79 Å². The highest BCUT2D eigenvalue weighted by Gasteiger charge is 2.24. The summed E-state index contributed by atoms with van der Waals surface area (Å²) in [5.74, 6) is 0.908.